The summed E-state index contributed by atoms with van der Waals surface area (Å²) in [6.45, 7) is 3.49. The van der Waals surface area contributed by atoms with E-state index in [1.165, 1.54) is 7.11 Å². The first-order valence-corrected chi connectivity index (χ1v) is 4.87. The molecule has 0 spiro atoms. The van der Waals surface area contributed by atoms with Crippen LogP contribution in [0.1, 0.15) is 12.8 Å². The number of rotatable bonds is 5. The van der Waals surface area contributed by atoms with Crippen LogP contribution in [-0.4, -0.2) is 18.2 Å². The molecule has 0 saturated heterocycles. The van der Waals surface area contributed by atoms with Crippen LogP contribution in [0.2, 0.25) is 0 Å². The molecule has 0 rings (SSSR count). The van der Waals surface area contributed by atoms with Crippen molar-refractivity contribution < 1.29 is 14.0 Å². The molecule has 1 N–H and O–H groups in total. The number of allylic oxidation sites excluding steroid dienone is 1. The minimum atomic E-state index is -3.25. The Hall–Kier alpha value is -0.110. The minimum absolute atomic E-state index is 0.218. The minimum Gasteiger partial charge on any atom is -0.324 e. The molecule has 0 radical (unpaired) electrons. The molecule has 0 fully saturated rings. The fraction of sp³-hybridized carbons (Fsp3) is 0.667. The van der Waals surface area contributed by atoms with E-state index in [9.17, 15) is 4.57 Å². The van der Waals surface area contributed by atoms with Gasteiger partial charge >= 0.3 is 7.60 Å². The van der Waals surface area contributed by atoms with E-state index in [0.717, 1.165) is 6.42 Å². The topological polar surface area (TPSA) is 46.5 Å². The molecular formula is C6H13O3P. The molecule has 0 heterocycles. The highest BCUT2D eigenvalue weighted by Gasteiger charge is 2.14. The molecule has 0 amide bonds. The van der Waals surface area contributed by atoms with E-state index in [2.05, 4.69) is 11.1 Å². The predicted molar refractivity (Wildman–Crippen MR) is 41.1 cm³/mol. The summed E-state index contributed by atoms with van der Waals surface area (Å²) in [6, 6.07) is 0. The third-order valence-electron chi connectivity index (χ3n) is 1.13. The summed E-state index contributed by atoms with van der Waals surface area (Å²) < 4.78 is 15.1. The normalized spacial score (nSPS) is 16.2. The Morgan fingerprint density at radius 3 is 2.80 bits per heavy atom. The molecule has 1 atom stereocenters. The van der Waals surface area contributed by atoms with E-state index >= 15 is 0 Å². The van der Waals surface area contributed by atoms with E-state index < -0.39 is 7.60 Å². The summed E-state index contributed by atoms with van der Waals surface area (Å²) in [7, 11) is -2.01. The molecule has 0 aliphatic carbocycles. The van der Waals surface area contributed by atoms with Crippen molar-refractivity contribution in [3.8, 4) is 0 Å². The van der Waals surface area contributed by atoms with E-state index in [4.69, 9.17) is 4.89 Å². The van der Waals surface area contributed by atoms with Crippen LogP contribution in [0.25, 0.3) is 0 Å². The summed E-state index contributed by atoms with van der Waals surface area (Å²) in [6.07, 6.45) is 3.35. The van der Waals surface area contributed by atoms with Gasteiger partial charge in [-0.15, -0.1) is 6.58 Å². The van der Waals surface area contributed by atoms with Crippen LogP contribution >= 0.6 is 7.60 Å². The maximum atomic E-state index is 10.8. The Balaban J connectivity index is 3.47. The van der Waals surface area contributed by atoms with Crippen molar-refractivity contribution in [3.05, 3.63) is 12.7 Å². The lowest BCUT2D eigenvalue weighted by molar-refractivity contribution is 0.315. The fourth-order valence-corrected chi connectivity index (χ4v) is 1.29. The van der Waals surface area contributed by atoms with Crippen LogP contribution in [0.4, 0.5) is 0 Å². The summed E-state index contributed by atoms with van der Waals surface area (Å²) in [5.74, 6) is 0. The second kappa shape index (κ2) is 4.67. The van der Waals surface area contributed by atoms with Crippen LogP contribution in [-0.2, 0) is 9.09 Å². The Kier molecular flexibility index (Phi) is 4.62. The quantitative estimate of drug-likeness (QED) is 0.382. The molecule has 10 heavy (non-hydrogen) atoms. The molecule has 1 unspecified atom stereocenters. The second-order valence-corrected chi connectivity index (χ2v) is 4.06. The summed E-state index contributed by atoms with van der Waals surface area (Å²) >= 11 is 0. The zero-order chi connectivity index (χ0) is 8.04. The van der Waals surface area contributed by atoms with Gasteiger partial charge in [0.15, 0.2) is 0 Å². The molecule has 0 aromatic carbocycles. The SMILES string of the molecule is C=CCCCP(=O)(O)OC. The van der Waals surface area contributed by atoms with Gasteiger partial charge in [-0.2, -0.15) is 0 Å². The molecule has 0 bridgehead atoms. The van der Waals surface area contributed by atoms with Crippen LogP contribution < -0.4 is 0 Å². The zero-order valence-corrected chi connectivity index (χ0v) is 7.01. The summed E-state index contributed by atoms with van der Waals surface area (Å²) in [4.78, 5) is 8.85. The van der Waals surface area contributed by atoms with Crippen LogP contribution in [0.15, 0.2) is 12.7 Å². The third-order valence-corrected chi connectivity index (χ3v) is 2.59. The molecule has 4 heteroatoms. The van der Waals surface area contributed by atoms with Crippen LogP contribution in [0.3, 0.4) is 0 Å². The maximum absolute atomic E-state index is 10.8. The number of hydrogen-bond donors (Lipinski definition) is 1. The molecule has 0 aliphatic rings. The van der Waals surface area contributed by atoms with Crippen molar-refractivity contribution in [1.29, 1.82) is 0 Å². The molecule has 0 saturated carbocycles. The van der Waals surface area contributed by atoms with Crippen LogP contribution in [0.5, 0.6) is 0 Å². The van der Waals surface area contributed by atoms with Gasteiger partial charge in [0.2, 0.25) is 0 Å². The summed E-state index contributed by atoms with van der Waals surface area (Å²) in [5.41, 5.74) is 0. The van der Waals surface area contributed by atoms with Crippen molar-refractivity contribution in [1.82, 2.24) is 0 Å². The first-order valence-electron chi connectivity index (χ1n) is 3.11. The standard InChI is InChI=1S/C6H13O3P/c1-3-4-5-6-10(7,8)9-2/h3H,1,4-6H2,2H3,(H,7,8). The van der Waals surface area contributed by atoms with Gasteiger partial charge < -0.3 is 9.42 Å². The lowest BCUT2D eigenvalue weighted by atomic mass is 10.3. The lowest BCUT2D eigenvalue weighted by Crippen LogP contribution is -1.89. The largest absolute Gasteiger partial charge is 0.327 e. The van der Waals surface area contributed by atoms with Crippen molar-refractivity contribution >= 4 is 7.60 Å². The highest BCUT2D eigenvalue weighted by atomic mass is 31.2. The van der Waals surface area contributed by atoms with Crippen LogP contribution in [0, 0.1) is 0 Å². The number of unbranched alkanes of at least 4 members (excludes halogenated alkanes) is 1. The van der Waals surface area contributed by atoms with Gasteiger partial charge in [0, 0.05) is 7.11 Å². The molecular weight excluding hydrogens is 151 g/mol. The highest BCUT2D eigenvalue weighted by Crippen LogP contribution is 2.41. The van der Waals surface area contributed by atoms with Gasteiger partial charge in [0.25, 0.3) is 0 Å². The molecule has 60 valence electrons. The van der Waals surface area contributed by atoms with E-state index in [1.807, 2.05) is 0 Å². The molecule has 3 nitrogen and oxygen atoms in total. The number of hydrogen-bond acceptors (Lipinski definition) is 2. The second-order valence-electron chi connectivity index (χ2n) is 1.97. The van der Waals surface area contributed by atoms with Gasteiger partial charge in [-0.25, -0.2) is 0 Å². The average molecular weight is 164 g/mol. The lowest BCUT2D eigenvalue weighted by Gasteiger charge is -2.06. The van der Waals surface area contributed by atoms with Crippen molar-refractivity contribution in [2.75, 3.05) is 13.3 Å². The fourth-order valence-electron chi connectivity index (χ4n) is 0.527. The monoisotopic (exact) mass is 164 g/mol. The van der Waals surface area contributed by atoms with E-state index in [-0.39, 0.29) is 6.16 Å². The Labute approximate surface area is 61.2 Å². The van der Waals surface area contributed by atoms with Crippen molar-refractivity contribution in [2.45, 2.75) is 12.8 Å². The van der Waals surface area contributed by atoms with Gasteiger partial charge in [0.1, 0.15) is 0 Å². The molecule has 0 aromatic rings. The first-order chi connectivity index (χ1) is 4.62. The van der Waals surface area contributed by atoms with Gasteiger partial charge in [-0.05, 0) is 12.8 Å². The van der Waals surface area contributed by atoms with E-state index in [0.29, 0.717) is 6.42 Å². The smallest absolute Gasteiger partial charge is 0.324 e. The highest BCUT2D eigenvalue weighted by molar-refractivity contribution is 7.52. The Bertz CT molecular complexity index is 144. The zero-order valence-electron chi connectivity index (χ0n) is 6.12. The predicted octanol–water partition coefficient (Wildman–Crippen LogP) is 1.78. The molecule has 0 aliphatic heterocycles. The maximum Gasteiger partial charge on any atom is 0.327 e. The van der Waals surface area contributed by atoms with Gasteiger partial charge in [0.05, 0.1) is 6.16 Å². The Morgan fingerprint density at radius 2 is 2.40 bits per heavy atom. The van der Waals surface area contributed by atoms with Crippen molar-refractivity contribution in [3.63, 3.8) is 0 Å². The summed E-state index contributed by atoms with van der Waals surface area (Å²) in [5, 5.41) is 0. The van der Waals surface area contributed by atoms with Gasteiger partial charge in [-0.3, -0.25) is 4.57 Å². The average Bonchev–Trinajstić information content (AvgIpc) is 1.89. The molecule has 0 aromatic heterocycles. The van der Waals surface area contributed by atoms with Crippen molar-refractivity contribution in [2.24, 2.45) is 0 Å². The van der Waals surface area contributed by atoms with Gasteiger partial charge in [-0.1, -0.05) is 6.08 Å². The first kappa shape index (κ1) is 9.89. The third kappa shape index (κ3) is 4.74. The van der Waals surface area contributed by atoms with E-state index in [1.54, 1.807) is 6.08 Å². The Morgan fingerprint density at radius 1 is 1.80 bits per heavy atom.